The number of amides is 1. The quantitative estimate of drug-likeness (QED) is 0.749. The monoisotopic (exact) mass is 435 g/mol. The summed E-state index contributed by atoms with van der Waals surface area (Å²) < 4.78 is 2.19. The minimum absolute atomic E-state index is 0.0584. The zero-order valence-electron chi connectivity index (χ0n) is 19.1. The van der Waals surface area contributed by atoms with Gasteiger partial charge in [0.25, 0.3) is 5.91 Å². The van der Waals surface area contributed by atoms with E-state index < -0.39 is 5.60 Å². The first kappa shape index (κ1) is 21.4. The number of carbonyl (C=O) groups is 2. The van der Waals surface area contributed by atoms with Crippen LogP contribution in [0.1, 0.15) is 77.6 Å². The molecule has 1 aromatic heterocycles. The normalized spacial score (nSPS) is 22.2. The number of fused-ring (bicyclic) bond motifs is 2. The molecule has 32 heavy (non-hydrogen) atoms. The van der Waals surface area contributed by atoms with Crippen molar-refractivity contribution in [3.63, 3.8) is 0 Å². The second-order valence-electron chi connectivity index (χ2n) is 9.87. The molecule has 1 aromatic carbocycles. The molecule has 2 fully saturated rings. The number of hydrogen-bond donors (Lipinski definition) is 1. The van der Waals surface area contributed by atoms with E-state index in [0.29, 0.717) is 18.7 Å². The van der Waals surface area contributed by atoms with Crippen LogP contribution in [0.5, 0.6) is 0 Å². The average Bonchev–Trinajstić information content (AvgIpc) is 3.44. The van der Waals surface area contributed by atoms with Crippen molar-refractivity contribution in [1.82, 2.24) is 14.4 Å². The summed E-state index contributed by atoms with van der Waals surface area (Å²) >= 11 is 0. The van der Waals surface area contributed by atoms with E-state index in [2.05, 4.69) is 22.6 Å². The largest absolute Gasteiger partial charge is 0.385 e. The van der Waals surface area contributed by atoms with Crippen LogP contribution in [0.15, 0.2) is 36.4 Å². The Hall–Kier alpha value is -2.44. The molecule has 1 saturated carbocycles. The van der Waals surface area contributed by atoms with Crippen LogP contribution in [0, 0.1) is 0 Å². The fraction of sp³-hybridized carbons (Fsp3) is 0.538. The molecule has 3 heterocycles. The number of aromatic nitrogens is 1. The Morgan fingerprint density at radius 1 is 0.875 bits per heavy atom. The molecule has 1 saturated heterocycles. The van der Waals surface area contributed by atoms with E-state index in [9.17, 15) is 14.7 Å². The lowest BCUT2D eigenvalue weighted by atomic mass is 9.81. The topological polar surface area (TPSA) is 65.8 Å². The molecule has 170 valence electrons. The van der Waals surface area contributed by atoms with E-state index in [0.717, 1.165) is 62.9 Å². The van der Waals surface area contributed by atoms with E-state index in [1.165, 1.54) is 5.69 Å². The lowest BCUT2D eigenvalue weighted by Crippen LogP contribution is -2.56. The van der Waals surface area contributed by atoms with Crippen molar-refractivity contribution in [3.05, 3.63) is 58.9 Å². The number of aliphatic hydroxyl groups is 1. The fourth-order valence-electron chi connectivity index (χ4n) is 6.15. The number of benzene rings is 1. The van der Waals surface area contributed by atoms with Gasteiger partial charge in [0, 0.05) is 44.4 Å². The second-order valence-corrected chi connectivity index (χ2v) is 9.87. The van der Waals surface area contributed by atoms with Gasteiger partial charge in [0.05, 0.1) is 16.8 Å². The van der Waals surface area contributed by atoms with E-state index in [1.807, 2.05) is 35.2 Å². The minimum atomic E-state index is -0.724. The van der Waals surface area contributed by atoms with Crippen LogP contribution in [0.2, 0.25) is 0 Å². The van der Waals surface area contributed by atoms with Crippen molar-refractivity contribution >= 4 is 11.7 Å². The van der Waals surface area contributed by atoms with Gasteiger partial charge in [0.1, 0.15) is 0 Å². The van der Waals surface area contributed by atoms with Crippen molar-refractivity contribution in [3.8, 4) is 0 Å². The number of carbonyl (C=O) groups excluding carboxylic acids is 2. The summed E-state index contributed by atoms with van der Waals surface area (Å²) in [6.45, 7) is 4.74. The van der Waals surface area contributed by atoms with Gasteiger partial charge in [0.15, 0.2) is 5.78 Å². The highest BCUT2D eigenvalue weighted by Crippen LogP contribution is 2.42. The van der Waals surface area contributed by atoms with Crippen LogP contribution in [-0.4, -0.2) is 57.8 Å². The maximum atomic E-state index is 13.2. The highest BCUT2D eigenvalue weighted by atomic mass is 16.3. The number of likely N-dealkylation sites (N-methyl/N-ethyl adjacent to an activating group) is 1. The molecule has 0 unspecified atom stereocenters. The lowest BCUT2D eigenvalue weighted by Gasteiger charge is -2.50. The average molecular weight is 436 g/mol. The third kappa shape index (κ3) is 3.32. The number of Topliss-reactive ketones (excluding diaryl/α,β-unsaturated/α-hetero) is 1. The van der Waals surface area contributed by atoms with Gasteiger partial charge in [-0.05, 0) is 62.6 Å². The standard InChI is InChI=1S/C26H33N3O3/c1-19(30)22-9-10-23-25(27(2)17-18-29(22)23)13-15-28(16-14-25)24(31)20-5-7-21(8-6-20)26(32)11-3-4-12-26/h5-10,32H,3-4,11-18H2,1-2H3. The number of ketones is 1. The third-order valence-electron chi connectivity index (χ3n) is 8.19. The maximum Gasteiger partial charge on any atom is 0.253 e. The van der Waals surface area contributed by atoms with Crippen molar-refractivity contribution in [2.45, 2.75) is 63.1 Å². The molecule has 1 spiro atoms. The molecule has 0 atom stereocenters. The SMILES string of the molecule is CC(=O)c1ccc2n1CCN(C)C21CCN(C(=O)c2ccc(C3(O)CCCC3)cc2)CC1. The molecular formula is C26H33N3O3. The molecule has 0 bridgehead atoms. The number of hydrogen-bond acceptors (Lipinski definition) is 4. The Labute approximate surface area is 189 Å². The predicted octanol–water partition coefficient (Wildman–Crippen LogP) is 3.53. The number of nitrogens with zero attached hydrogens (tertiary/aromatic N) is 3. The molecule has 3 aliphatic rings. The first-order chi connectivity index (χ1) is 15.3. The Balaban J connectivity index is 1.32. The van der Waals surface area contributed by atoms with Crippen LogP contribution < -0.4 is 0 Å². The molecular weight excluding hydrogens is 402 g/mol. The summed E-state index contributed by atoms with van der Waals surface area (Å²) in [4.78, 5) is 29.6. The van der Waals surface area contributed by atoms with Gasteiger partial charge in [-0.2, -0.15) is 0 Å². The summed E-state index contributed by atoms with van der Waals surface area (Å²) in [5.41, 5.74) is 2.75. The smallest absolute Gasteiger partial charge is 0.253 e. The molecule has 2 aromatic rings. The summed E-state index contributed by atoms with van der Waals surface area (Å²) in [5, 5.41) is 10.8. The van der Waals surface area contributed by atoms with Gasteiger partial charge in [-0.1, -0.05) is 25.0 Å². The van der Waals surface area contributed by atoms with Gasteiger partial charge in [-0.15, -0.1) is 0 Å². The first-order valence-corrected chi connectivity index (χ1v) is 11.9. The third-order valence-corrected chi connectivity index (χ3v) is 8.19. The second kappa shape index (κ2) is 7.85. The van der Waals surface area contributed by atoms with Gasteiger partial charge < -0.3 is 14.6 Å². The highest BCUT2D eigenvalue weighted by molar-refractivity contribution is 5.94. The predicted molar refractivity (Wildman–Crippen MR) is 123 cm³/mol. The molecule has 2 aliphatic heterocycles. The number of piperidine rings is 1. The van der Waals surface area contributed by atoms with Gasteiger partial charge in [-0.3, -0.25) is 14.5 Å². The molecule has 6 heteroatoms. The summed E-state index contributed by atoms with van der Waals surface area (Å²) in [6.07, 6.45) is 5.42. The zero-order chi connectivity index (χ0) is 22.5. The van der Waals surface area contributed by atoms with E-state index >= 15 is 0 Å². The maximum absolute atomic E-state index is 13.2. The molecule has 1 aliphatic carbocycles. The van der Waals surface area contributed by atoms with E-state index in [-0.39, 0.29) is 17.2 Å². The Bertz CT molecular complexity index is 1030. The Kier molecular flexibility index (Phi) is 5.25. The van der Waals surface area contributed by atoms with Crippen molar-refractivity contribution in [2.24, 2.45) is 0 Å². The van der Waals surface area contributed by atoms with Crippen LogP contribution in [0.25, 0.3) is 0 Å². The first-order valence-electron chi connectivity index (χ1n) is 11.9. The van der Waals surface area contributed by atoms with Crippen LogP contribution in [-0.2, 0) is 17.7 Å². The molecule has 0 radical (unpaired) electrons. The van der Waals surface area contributed by atoms with Crippen LogP contribution in [0.3, 0.4) is 0 Å². The van der Waals surface area contributed by atoms with Gasteiger partial charge >= 0.3 is 0 Å². The molecule has 5 rings (SSSR count). The lowest BCUT2D eigenvalue weighted by molar-refractivity contribution is 0.0127. The fourth-order valence-corrected chi connectivity index (χ4v) is 6.15. The van der Waals surface area contributed by atoms with E-state index in [4.69, 9.17) is 0 Å². The summed E-state index contributed by atoms with van der Waals surface area (Å²) in [5.74, 6) is 0.164. The number of rotatable bonds is 3. The molecule has 1 N–H and O–H groups in total. The summed E-state index contributed by atoms with van der Waals surface area (Å²) in [6, 6.07) is 11.7. The van der Waals surface area contributed by atoms with Crippen molar-refractivity contribution in [1.29, 1.82) is 0 Å². The minimum Gasteiger partial charge on any atom is -0.385 e. The van der Waals surface area contributed by atoms with Crippen molar-refractivity contribution < 1.29 is 14.7 Å². The zero-order valence-corrected chi connectivity index (χ0v) is 19.1. The highest BCUT2D eigenvalue weighted by Gasteiger charge is 2.45. The van der Waals surface area contributed by atoms with Crippen LogP contribution in [0.4, 0.5) is 0 Å². The van der Waals surface area contributed by atoms with E-state index in [1.54, 1.807) is 6.92 Å². The van der Waals surface area contributed by atoms with Gasteiger partial charge in [0.2, 0.25) is 0 Å². The Morgan fingerprint density at radius 3 is 2.16 bits per heavy atom. The van der Waals surface area contributed by atoms with Crippen molar-refractivity contribution in [2.75, 3.05) is 26.7 Å². The van der Waals surface area contributed by atoms with Crippen LogP contribution >= 0.6 is 0 Å². The number of likely N-dealkylation sites (tertiary alicyclic amines) is 1. The molecule has 6 nitrogen and oxygen atoms in total. The molecule has 1 amide bonds. The summed E-state index contributed by atoms with van der Waals surface area (Å²) in [7, 11) is 2.16. The Morgan fingerprint density at radius 2 is 1.53 bits per heavy atom. The van der Waals surface area contributed by atoms with Gasteiger partial charge in [-0.25, -0.2) is 0 Å².